The summed E-state index contributed by atoms with van der Waals surface area (Å²) < 4.78 is 10.9. The summed E-state index contributed by atoms with van der Waals surface area (Å²) in [7, 11) is 3.36. The SMILES string of the molecule is C=C(C)CCC(NCCC)c1cccc(OC)c1OC. The average Bonchev–Trinajstić information content (AvgIpc) is 2.46. The molecule has 0 radical (unpaired) electrons. The highest BCUT2D eigenvalue weighted by Crippen LogP contribution is 2.36. The van der Waals surface area contributed by atoms with Crippen molar-refractivity contribution in [1.29, 1.82) is 0 Å². The van der Waals surface area contributed by atoms with Gasteiger partial charge in [-0.1, -0.05) is 24.6 Å². The van der Waals surface area contributed by atoms with E-state index in [4.69, 9.17) is 9.47 Å². The molecule has 3 heteroatoms. The Hall–Kier alpha value is -1.48. The van der Waals surface area contributed by atoms with Crippen molar-refractivity contribution in [3.05, 3.63) is 35.9 Å². The van der Waals surface area contributed by atoms with E-state index in [0.29, 0.717) is 0 Å². The number of para-hydroxylation sites is 1. The van der Waals surface area contributed by atoms with Crippen LogP contribution in [0.2, 0.25) is 0 Å². The predicted octanol–water partition coefficient (Wildman–Crippen LogP) is 4.10. The quantitative estimate of drug-likeness (QED) is 0.689. The molecule has 0 bridgehead atoms. The summed E-state index contributed by atoms with van der Waals surface area (Å²) >= 11 is 0. The van der Waals surface area contributed by atoms with Gasteiger partial charge in [0.25, 0.3) is 0 Å². The number of nitrogens with one attached hydrogen (secondary N) is 1. The van der Waals surface area contributed by atoms with Crippen LogP contribution in [0.25, 0.3) is 0 Å². The topological polar surface area (TPSA) is 30.5 Å². The van der Waals surface area contributed by atoms with E-state index in [0.717, 1.165) is 42.9 Å². The molecule has 1 N–H and O–H groups in total. The highest BCUT2D eigenvalue weighted by Gasteiger charge is 2.18. The molecule has 1 atom stereocenters. The summed E-state index contributed by atoms with van der Waals surface area (Å²) in [6, 6.07) is 6.31. The van der Waals surface area contributed by atoms with Crippen LogP contribution in [0, 0.1) is 0 Å². The smallest absolute Gasteiger partial charge is 0.165 e. The minimum atomic E-state index is 0.261. The van der Waals surface area contributed by atoms with Crippen molar-refractivity contribution in [1.82, 2.24) is 5.32 Å². The normalized spacial score (nSPS) is 12.0. The maximum absolute atomic E-state index is 5.55. The molecule has 0 aliphatic heterocycles. The van der Waals surface area contributed by atoms with Crippen molar-refractivity contribution in [2.24, 2.45) is 0 Å². The second-order valence-corrected chi connectivity index (χ2v) is 5.09. The Morgan fingerprint density at radius 2 is 2.05 bits per heavy atom. The number of methoxy groups -OCH3 is 2. The monoisotopic (exact) mass is 277 g/mol. The van der Waals surface area contributed by atoms with Crippen LogP contribution in [0.5, 0.6) is 11.5 Å². The largest absolute Gasteiger partial charge is 0.493 e. The molecule has 0 fully saturated rings. The van der Waals surface area contributed by atoms with Crippen LogP contribution < -0.4 is 14.8 Å². The van der Waals surface area contributed by atoms with E-state index in [-0.39, 0.29) is 6.04 Å². The van der Waals surface area contributed by atoms with Gasteiger partial charge in [0.15, 0.2) is 11.5 Å². The van der Waals surface area contributed by atoms with Gasteiger partial charge in [0.05, 0.1) is 14.2 Å². The van der Waals surface area contributed by atoms with E-state index >= 15 is 0 Å². The highest BCUT2D eigenvalue weighted by atomic mass is 16.5. The summed E-state index contributed by atoms with van der Waals surface area (Å²) in [6.45, 7) is 9.22. The van der Waals surface area contributed by atoms with Crippen molar-refractivity contribution in [3.8, 4) is 11.5 Å². The first-order chi connectivity index (χ1) is 9.63. The molecule has 1 aromatic carbocycles. The molecule has 3 nitrogen and oxygen atoms in total. The lowest BCUT2D eigenvalue weighted by molar-refractivity contribution is 0.345. The van der Waals surface area contributed by atoms with Crippen LogP contribution in [0.1, 0.15) is 44.7 Å². The minimum Gasteiger partial charge on any atom is -0.493 e. The summed E-state index contributed by atoms with van der Waals surface area (Å²) in [6.07, 6.45) is 3.12. The first-order valence-electron chi connectivity index (χ1n) is 7.22. The molecule has 1 rings (SSSR count). The van der Waals surface area contributed by atoms with E-state index in [1.807, 2.05) is 12.1 Å². The Balaban J connectivity index is 3.01. The molecule has 112 valence electrons. The first kappa shape index (κ1) is 16.6. The molecule has 1 aromatic rings. The van der Waals surface area contributed by atoms with Gasteiger partial charge in [-0.15, -0.1) is 6.58 Å². The Morgan fingerprint density at radius 3 is 2.60 bits per heavy atom. The van der Waals surface area contributed by atoms with Gasteiger partial charge in [-0.25, -0.2) is 0 Å². The van der Waals surface area contributed by atoms with Crippen LogP contribution in [0.3, 0.4) is 0 Å². The van der Waals surface area contributed by atoms with E-state index in [9.17, 15) is 0 Å². The van der Waals surface area contributed by atoms with Gasteiger partial charge in [0.1, 0.15) is 0 Å². The van der Waals surface area contributed by atoms with Crippen LogP contribution in [0.15, 0.2) is 30.4 Å². The fraction of sp³-hybridized carbons (Fsp3) is 0.529. The van der Waals surface area contributed by atoms with Gasteiger partial charge >= 0.3 is 0 Å². The van der Waals surface area contributed by atoms with Crippen molar-refractivity contribution >= 4 is 0 Å². The summed E-state index contributed by atoms with van der Waals surface area (Å²) in [5.41, 5.74) is 2.36. The van der Waals surface area contributed by atoms with E-state index in [2.05, 4.69) is 31.8 Å². The van der Waals surface area contributed by atoms with E-state index < -0.39 is 0 Å². The Bertz CT molecular complexity index is 429. The third-order valence-electron chi connectivity index (χ3n) is 3.31. The molecule has 20 heavy (non-hydrogen) atoms. The molecule has 0 heterocycles. The number of benzene rings is 1. The van der Waals surface area contributed by atoms with E-state index in [1.54, 1.807) is 14.2 Å². The second kappa shape index (κ2) is 8.64. The molecule has 0 saturated carbocycles. The molecule has 1 unspecified atom stereocenters. The fourth-order valence-corrected chi connectivity index (χ4v) is 2.26. The molecular weight excluding hydrogens is 250 g/mol. The van der Waals surface area contributed by atoms with Crippen molar-refractivity contribution in [2.75, 3.05) is 20.8 Å². The lowest BCUT2D eigenvalue weighted by Crippen LogP contribution is -2.23. The second-order valence-electron chi connectivity index (χ2n) is 5.09. The third kappa shape index (κ3) is 4.57. The first-order valence-corrected chi connectivity index (χ1v) is 7.22. The Labute approximate surface area is 123 Å². The molecule has 0 saturated heterocycles. The number of ether oxygens (including phenoxy) is 2. The fourth-order valence-electron chi connectivity index (χ4n) is 2.26. The lowest BCUT2D eigenvalue weighted by atomic mass is 9.98. The van der Waals surface area contributed by atoms with Crippen LogP contribution in [-0.4, -0.2) is 20.8 Å². The maximum atomic E-state index is 5.55. The minimum absolute atomic E-state index is 0.261. The lowest BCUT2D eigenvalue weighted by Gasteiger charge is -2.22. The zero-order valence-electron chi connectivity index (χ0n) is 13.2. The van der Waals surface area contributed by atoms with Gasteiger partial charge < -0.3 is 14.8 Å². The van der Waals surface area contributed by atoms with Crippen LogP contribution >= 0.6 is 0 Å². The zero-order valence-corrected chi connectivity index (χ0v) is 13.2. The molecule has 0 amide bonds. The van der Waals surface area contributed by atoms with Crippen molar-refractivity contribution < 1.29 is 9.47 Å². The third-order valence-corrected chi connectivity index (χ3v) is 3.31. The standard InChI is InChI=1S/C17H27NO2/c1-6-12-18-15(11-10-13(2)3)14-8-7-9-16(19-4)17(14)20-5/h7-9,15,18H,2,6,10-12H2,1,3-5H3. The summed E-state index contributed by atoms with van der Waals surface area (Å²) in [4.78, 5) is 0. The molecule has 0 aromatic heterocycles. The highest BCUT2D eigenvalue weighted by molar-refractivity contribution is 5.48. The number of hydrogen-bond donors (Lipinski definition) is 1. The number of hydrogen-bond acceptors (Lipinski definition) is 3. The summed E-state index contributed by atoms with van der Waals surface area (Å²) in [5.74, 6) is 1.61. The van der Waals surface area contributed by atoms with Crippen LogP contribution in [0.4, 0.5) is 0 Å². The van der Waals surface area contributed by atoms with Gasteiger partial charge in [-0.2, -0.15) is 0 Å². The van der Waals surface area contributed by atoms with Crippen molar-refractivity contribution in [3.63, 3.8) is 0 Å². The Morgan fingerprint density at radius 1 is 1.30 bits per heavy atom. The zero-order chi connectivity index (χ0) is 15.0. The molecule has 0 aliphatic rings. The number of allylic oxidation sites excluding steroid dienone is 1. The summed E-state index contributed by atoms with van der Waals surface area (Å²) in [5, 5.41) is 3.59. The predicted molar refractivity (Wildman–Crippen MR) is 84.6 cm³/mol. The molecular formula is C17H27NO2. The molecule has 0 aliphatic carbocycles. The maximum Gasteiger partial charge on any atom is 0.165 e. The van der Waals surface area contributed by atoms with Gasteiger partial charge in [0.2, 0.25) is 0 Å². The van der Waals surface area contributed by atoms with Gasteiger partial charge in [0, 0.05) is 11.6 Å². The van der Waals surface area contributed by atoms with E-state index in [1.165, 1.54) is 5.57 Å². The average molecular weight is 277 g/mol. The van der Waals surface area contributed by atoms with Crippen molar-refractivity contribution in [2.45, 2.75) is 39.2 Å². The van der Waals surface area contributed by atoms with Crippen LogP contribution in [-0.2, 0) is 0 Å². The van der Waals surface area contributed by atoms with Gasteiger partial charge in [-0.05, 0) is 38.8 Å². The Kier molecular flexibility index (Phi) is 7.16. The molecule has 0 spiro atoms. The number of rotatable bonds is 9. The van der Waals surface area contributed by atoms with Gasteiger partial charge in [-0.3, -0.25) is 0 Å².